The Morgan fingerprint density at radius 3 is 2.31 bits per heavy atom. The molecule has 0 saturated carbocycles. The summed E-state index contributed by atoms with van der Waals surface area (Å²) in [4.78, 5) is 19.7. The molecule has 4 rings (SSSR count). The first-order chi connectivity index (χ1) is 12.8. The van der Waals surface area contributed by atoms with Crippen LogP contribution in [-0.4, -0.2) is 73.0 Å². The zero-order chi connectivity index (χ0) is 17.8. The van der Waals surface area contributed by atoms with E-state index in [9.17, 15) is 4.79 Å². The molecular formula is C21H29N3O2. The Morgan fingerprint density at radius 1 is 0.885 bits per heavy atom. The van der Waals surface area contributed by atoms with Crippen LogP contribution in [0.3, 0.4) is 0 Å². The van der Waals surface area contributed by atoms with Crippen LogP contribution in [0.5, 0.6) is 0 Å². The van der Waals surface area contributed by atoms with E-state index in [1.807, 2.05) is 35.2 Å². The summed E-state index contributed by atoms with van der Waals surface area (Å²) in [5, 5.41) is 0.993. The number of hydrogen-bond acceptors (Lipinski definition) is 4. The number of furan rings is 1. The summed E-state index contributed by atoms with van der Waals surface area (Å²) in [6.07, 6.45) is 5.36. The summed E-state index contributed by atoms with van der Waals surface area (Å²) in [6.45, 7) is 8.43. The lowest BCUT2D eigenvalue weighted by Gasteiger charge is -2.35. The van der Waals surface area contributed by atoms with E-state index in [4.69, 9.17) is 4.42 Å². The molecule has 2 saturated heterocycles. The molecule has 0 unspecified atom stereocenters. The molecule has 2 aromatic rings. The topological polar surface area (TPSA) is 39.9 Å². The van der Waals surface area contributed by atoms with Gasteiger partial charge in [-0.05, 0) is 57.6 Å². The number of likely N-dealkylation sites (tertiary alicyclic amines) is 1. The minimum Gasteiger partial charge on any atom is -0.451 e. The van der Waals surface area contributed by atoms with Crippen LogP contribution in [0.4, 0.5) is 0 Å². The second-order valence-corrected chi connectivity index (χ2v) is 7.54. The van der Waals surface area contributed by atoms with Gasteiger partial charge in [-0.1, -0.05) is 24.6 Å². The number of benzene rings is 1. The van der Waals surface area contributed by atoms with Gasteiger partial charge in [0.25, 0.3) is 5.91 Å². The van der Waals surface area contributed by atoms with Crippen LogP contribution in [0.25, 0.3) is 11.0 Å². The Bertz CT molecular complexity index is 695. The second kappa shape index (κ2) is 8.23. The van der Waals surface area contributed by atoms with Crippen LogP contribution in [-0.2, 0) is 0 Å². The zero-order valence-corrected chi connectivity index (χ0v) is 15.5. The summed E-state index contributed by atoms with van der Waals surface area (Å²) in [5.74, 6) is 0.485. The van der Waals surface area contributed by atoms with Gasteiger partial charge in [-0.25, -0.2) is 0 Å². The number of fused-ring (bicyclic) bond motifs is 1. The average molecular weight is 355 g/mol. The molecule has 1 aromatic heterocycles. The van der Waals surface area contributed by atoms with Crippen molar-refractivity contribution in [1.82, 2.24) is 14.7 Å². The maximum Gasteiger partial charge on any atom is 0.289 e. The average Bonchev–Trinajstić information content (AvgIpc) is 3.13. The van der Waals surface area contributed by atoms with Crippen molar-refractivity contribution >= 4 is 16.9 Å². The maximum atomic E-state index is 12.7. The van der Waals surface area contributed by atoms with Crippen molar-refractivity contribution in [3.05, 3.63) is 36.1 Å². The zero-order valence-electron chi connectivity index (χ0n) is 15.5. The van der Waals surface area contributed by atoms with E-state index in [1.165, 1.54) is 45.3 Å². The van der Waals surface area contributed by atoms with Gasteiger partial charge >= 0.3 is 0 Å². The minimum absolute atomic E-state index is 0.0224. The van der Waals surface area contributed by atoms with Gasteiger partial charge < -0.3 is 14.2 Å². The Labute approximate surface area is 155 Å². The van der Waals surface area contributed by atoms with Crippen molar-refractivity contribution < 1.29 is 9.21 Å². The highest BCUT2D eigenvalue weighted by Crippen LogP contribution is 2.20. The van der Waals surface area contributed by atoms with Crippen molar-refractivity contribution in [2.24, 2.45) is 0 Å². The highest BCUT2D eigenvalue weighted by atomic mass is 16.3. The smallest absolute Gasteiger partial charge is 0.289 e. The van der Waals surface area contributed by atoms with Crippen LogP contribution in [0.2, 0.25) is 0 Å². The molecule has 26 heavy (non-hydrogen) atoms. The summed E-state index contributed by atoms with van der Waals surface area (Å²) in [6, 6.07) is 9.66. The van der Waals surface area contributed by atoms with Gasteiger partial charge in [0.2, 0.25) is 0 Å². The quantitative estimate of drug-likeness (QED) is 0.826. The van der Waals surface area contributed by atoms with Crippen molar-refractivity contribution in [1.29, 1.82) is 0 Å². The number of para-hydroxylation sites is 1. The largest absolute Gasteiger partial charge is 0.451 e. The molecule has 0 aliphatic carbocycles. The summed E-state index contributed by atoms with van der Waals surface area (Å²) in [7, 11) is 0. The third-order valence-electron chi connectivity index (χ3n) is 5.69. The van der Waals surface area contributed by atoms with Crippen LogP contribution in [0.15, 0.2) is 34.7 Å². The predicted octanol–water partition coefficient (Wildman–Crippen LogP) is 3.07. The Hall–Kier alpha value is -1.85. The number of carbonyl (C=O) groups excluding carboxylic acids is 1. The Morgan fingerprint density at radius 2 is 1.58 bits per heavy atom. The number of carbonyl (C=O) groups is 1. The molecule has 1 aromatic carbocycles. The molecule has 0 N–H and O–H groups in total. The molecule has 2 aliphatic rings. The lowest BCUT2D eigenvalue weighted by atomic mass is 10.1. The second-order valence-electron chi connectivity index (χ2n) is 7.54. The van der Waals surface area contributed by atoms with Gasteiger partial charge in [0.1, 0.15) is 5.58 Å². The number of hydrogen-bond donors (Lipinski definition) is 0. The van der Waals surface area contributed by atoms with Crippen molar-refractivity contribution in [2.75, 3.05) is 52.4 Å². The Kier molecular flexibility index (Phi) is 5.56. The molecule has 2 fully saturated rings. The molecule has 5 heteroatoms. The molecule has 0 bridgehead atoms. The predicted molar refractivity (Wildman–Crippen MR) is 103 cm³/mol. The molecule has 0 spiro atoms. The maximum absolute atomic E-state index is 12.7. The molecular weight excluding hydrogens is 326 g/mol. The fraction of sp³-hybridized carbons (Fsp3) is 0.571. The highest BCUT2D eigenvalue weighted by molar-refractivity contribution is 5.96. The van der Waals surface area contributed by atoms with E-state index in [-0.39, 0.29) is 5.91 Å². The SMILES string of the molecule is O=C(c1cc2ccccc2o1)N1CCN(CCCN2CCCCC2)CC1. The number of piperidine rings is 1. The minimum atomic E-state index is 0.0224. The van der Waals surface area contributed by atoms with Crippen molar-refractivity contribution in [2.45, 2.75) is 25.7 Å². The van der Waals surface area contributed by atoms with Gasteiger partial charge in [0.05, 0.1) is 0 Å². The van der Waals surface area contributed by atoms with Gasteiger partial charge in [-0.3, -0.25) is 9.69 Å². The van der Waals surface area contributed by atoms with Crippen molar-refractivity contribution in [3.63, 3.8) is 0 Å². The first-order valence-corrected chi connectivity index (χ1v) is 10.0. The lowest BCUT2D eigenvalue weighted by Crippen LogP contribution is -2.49. The Balaban J connectivity index is 1.23. The monoisotopic (exact) mass is 355 g/mol. The van der Waals surface area contributed by atoms with Gasteiger partial charge in [-0.2, -0.15) is 0 Å². The molecule has 1 amide bonds. The number of rotatable bonds is 5. The molecule has 5 nitrogen and oxygen atoms in total. The third-order valence-corrected chi connectivity index (χ3v) is 5.69. The fourth-order valence-corrected chi connectivity index (χ4v) is 4.12. The summed E-state index contributed by atoms with van der Waals surface area (Å²) >= 11 is 0. The van der Waals surface area contributed by atoms with Crippen LogP contribution >= 0.6 is 0 Å². The van der Waals surface area contributed by atoms with E-state index in [0.29, 0.717) is 5.76 Å². The van der Waals surface area contributed by atoms with Crippen LogP contribution < -0.4 is 0 Å². The van der Waals surface area contributed by atoms with Gasteiger partial charge in [0.15, 0.2) is 5.76 Å². The highest BCUT2D eigenvalue weighted by Gasteiger charge is 2.24. The standard InChI is InChI=1S/C21H29N3O2/c25-21(20-17-18-7-2-3-8-19(18)26-20)24-15-13-23(14-16-24)12-6-11-22-9-4-1-5-10-22/h2-3,7-8,17H,1,4-6,9-16H2. The van der Waals surface area contributed by atoms with E-state index in [2.05, 4.69) is 9.80 Å². The number of nitrogens with zero attached hydrogens (tertiary/aromatic N) is 3. The molecule has 140 valence electrons. The number of amides is 1. The normalized spacial score (nSPS) is 19.9. The fourth-order valence-electron chi connectivity index (χ4n) is 4.12. The molecule has 2 aliphatic heterocycles. The summed E-state index contributed by atoms with van der Waals surface area (Å²) in [5.41, 5.74) is 0.784. The van der Waals surface area contributed by atoms with Gasteiger partial charge in [0, 0.05) is 31.6 Å². The first kappa shape index (κ1) is 17.6. The third kappa shape index (κ3) is 4.10. The van der Waals surface area contributed by atoms with Gasteiger partial charge in [-0.15, -0.1) is 0 Å². The van der Waals surface area contributed by atoms with Crippen LogP contribution in [0, 0.1) is 0 Å². The van der Waals surface area contributed by atoms with Crippen LogP contribution in [0.1, 0.15) is 36.2 Å². The van der Waals surface area contributed by atoms with E-state index >= 15 is 0 Å². The molecule has 3 heterocycles. The molecule has 0 atom stereocenters. The first-order valence-electron chi connectivity index (χ1n) is 10.0. The molecule has 0 radical (unpaired) electrons. The summed E-state index contributed by atoms with van der Waals surface area (Å²) < 4.78 is 5.73. The van der Waals surface area contributed by atoms with E-state index < -0.39 is 0 Å². The van der Waals surface area contributed by atoms with E-state index in [0.717, 1.165) is 43.7 Å². The van der Waals surface area contributed by atoms with Crippen molar-refractivity contribution in [3.8, 4) is 0 Å². The lowest BCUT2D eigenvalue weighted by molar-refractivity contribution is 0.0602. The number of piperazine rings is 1. The van der Waals surface area contributed by atoms with E-state index in [1.54, 1.807) is 0 Å².